The number of carboxylic acids is 1. The van der Waals surface area contributed by atoms with Crippen LogP contribution in [0.5, 0.6) is 0 Å². The Bertz CT molecular complexity index is 753. The molecule has 2 fully saturated rings. The maximum atomic E-state index is 11.9. The van der Waals surface area contributed by atoms with E-state index in [2.05, 4.69) is 11.9 Å². The van der Waals surface area contributed by atoms with Gasteiger partial charge < -0.3 is 24.2 Å². The lowest BCUT2D eigenvalue weighted by Crippen LogP contribution is -2.67. The third-order valence-corrected chi connectivity index (χ3v) is 5.05. The van der Waals surface area contributed by atoms with E-state index in [1.165, 1.54) is 5.56 Å². The molecule has 8 nitrogen and oxygen atoms in total. The van der Waals surface area contributed by atoms with E-state index in [9.17, 15) is 18.0 Å². The van der Waals surface area contributed by atoms with Crippen LogP contribution in [0.1, 0.15) is 30.9 Å². The van der Waals surface area contributed by atoms with E-state index in [4.69, 9.17) is 24.1 Å². The summed E-state index contributed by atoms with van der Waals surface area (Å²) < 4.78 is 49.0. The Balaban J connectivity index is 0.000000423. The molecule has 1 aromatic rings. The fourth-order valence-electron chi connectivity index (χ4n) is 3.31. The van der Waals surface area contributed by atoms with Gasteiger partial charge in [0.2, 0.25) is 5.91 Å². The van der Waals surface area contributed by atoms with E-state index in [1.54, 1.807) is 6.20 Å². The monoisotopic (exact) mass is 448 g/mol. The number of aromatic nitrogens is 1. The zero-order valence-electron chi connectivity index (χ0n) is 17.5. The minimum atomic E-state index is -5.08. The predicted octanol–water partition coefficient (Wildman–Crippen LogP) is 2.34. The molecular formula is C20H27F3N2O6. The maximum absolute atomic E-state index is 11.9. The van der Waals surface area contributed by atoms with Crippen LogP contribution in [0.3, 0.4) is 0 Å². The fourth-order valence-corrected chi connectivity index (χ4v) is 3.31. The third-order valence-electron chi connectivity index (χ3n) is 5.05. The van der Waals surface area contributed by atoms with Gasteiger partial charge in [-0.2, -0.15) is 13.2 Å². The van der Waals surface area contributed by atoms with Crippen LogP contribution in [-0.4, -0.2) is 77.7 Å². The number of hydrogen-bond donors (Lipinski definition) is 1. The molecule has 1 unspecified atom stereocenters. The minimum absolute atomic E-state index is 0.0418. The number of ether oxygens (including phenoxy) is 3. The summed E-state index contributed by atoms with van der Waals surface area (Å²) in [6.07, 6.45) is 0.480. The standard InChI is InChI=1S/C18H26N2O4.C2HF3O2/c1-3-22-11-17(21)20-12-18(13-20)8-16(5-7-24-18)23-10-15-9-19-6-4-14(15)2;3-2(4,5)1(6)7/h4,6,9,16H,3,5,7-8,10-13H2,1-2H3;(H,6,7). The molecule has 2 saturated heterocycles. The van der Waals surface area contributed by atoms with Gasteiger partial charge in [-0.25, -0.2) is 4.79 Å². The van der Waals surface area contributed by atoms with Gasteiger partial charge in [0, 0.05) is 32.0 Å². The normalized spacial score (nSPS) is 19.9. The van der Waals surface area contributed by atoms with Gasteiger partial charge >= 0.3 is 12.1 Å². The highest BCUT2D eigenvalue weighted by molar-refractivity contribution is 5.78. The molecule has 1 atom stereocenters. The summed E-state index contributed by atoms with van der Waals surface area (Å²) in [4.78, 5) is 26.8. The molecule has 1 N–H and O–H groups in total. The van der Waals surface area contributed by atoms with E-state index in [1.807, 2.05) is 24.1 Å². The molecule has 1 spiro atoms. The van der Waals surface area contributed by atoms with Crippen molar-refractivity contribution in [2.24, 2.45) is 0 Å². The smallest absolute Gasteiger partial charge is 0.475 e. The number of aliphatic carboxylic acids is 1. The first-order chi connectivity index (χ1) is 14.6. The Kier molecular flexibility index (Phi) is 8.78. The Labute approximate surface area is 178 Å². The summed E-state index contributed by atoms with van der Waals surface area (Å²) in [6.45, 7) is 7.23. The summed E-state index contributed by atoms with van der Waals surface area (Å²) in [7, 11) is 0. The zero-order valence-corrected chi connectivity index (χ0v) is 17.5. The van der Waals surface area contributed by atoms with E-state index < -0.39 is 12.1 Å². The second-order valence-corrected chi connectivity index (χ2v) is 7.45. The first-order valence-electron chi connectivity index (χ1n) is 9.87. The second kappa shape index (κ2) is 10.9. The number of aryl methyl sites for hydroxylation is 1. The Morgan fingerprint density at radius 3 is 2.65 bits per heavy atom. The molecule has 2 aliphatic rings. The van der Waals surface area contributed by atoms with Crippen molar-refractivity contribution >= 4 is 11.9 Å². The van der Waals surface area contributed by atoms with Gasteiger partial charge in [0.05, 0.1) is 25.8 Å². The van der Waals surface area contributed by atoms with E-state index in [0.29, 0.717) is 32.9 Å². The Morgan fingerprint density at radius 1 is 1.39 bits per heavy atom. The van der Waals surface area contributed by atoms with Crippen LogP contribution < -0.4 is 0 Å². The molecule has 1 amide bonds. The highest BCUT2D eigenvalue weighted by Gasteiger charge is 2.49. The number of carbonyl (C=O) groups is 2. The zero-order chi connectivity index (χ0) is 23.1. The van der Waals surface area contributed by atoms with Crippen molar-refractivity contribution < 1.29 is 42.1 Å². The van der Waals surface area contributed by atoms with E-state index >= 15 is 0 Å². The number of hydrogen-bond acceptors (Lipinski definition) is 6. The van der Waals surface area contributed by atoms with Crippen molar-refractivity contribution in [1.29, 1.82) is 0 Å². The van der Waals surface area contributed by atoms with Gasteiger partial charge in [-0.15, -0.1) is 0 Å². The molecule has 2 aliphatic heterocycles. The van der Waals surface area contributed by atoms with Crippen molar-refractivity contribution in [2.45, 2.75) is 51.2 Å². The summed E-state index contributed by atoms with van der Waals surface area (Å²) in [5.74, 6) is -2.72. The molecule has 0 saturated carbocycles. The summed E-state index contributed by atoms with van der Waals surface area (Å²) in [5, 5.41) is 7.12. The molecule has 3 rings (SSSR count). The second-order valence-electron chi connectivity index (χ2n) is 7.45. The lowest BCUT2D eigenvalue weighted by atomic mass is 9.84. The van der Waals surface area contributed by atoms with Crippen LogP contribution in [-0.2, 0) is 30.4 Å². The van der Waals surface area contributed by atoms with Gasteiger partial charge in [-0.1, -0.05) is 0 Å². The molecule has 31 heavy (non-hydrogen) atoms. The number of carbonyl (C=O) groups excluding carboxylic acids is 1. The largest absolute Gasteiger partial charge is 0.490 e. The quantitative estimate of drug-likeness (QED) is 0.713. The molecule has 0 radical (unpaired) electrons. The molecule has 0 bridgehead atoms. The molecule has 174 valence electrons. The van der Waals surface area contributed by atoms with E-state index in [0.717, 1.165) is 18.4 Å². The van der Waals surface area contributed by atoms with Gasteiger partial charge in [-0.05, 0) is 37.5 Å². The molecule has 11 heteroatoms. The highest BCUT2D eigenvalue weighted by Crippen LogP contribution is 2.35. The van der Waals surface area contributed by atoms with Crippen molar-refractivity contribution in [3.63, 3.8) is 0 Å². The number of likely N-dealkylation sites (tertiary alicyclic amines) is 1. The lowest BCUT2D eigenvalue weighted by molar-refractivity contribution is -0.204. The van der Waals surface area contributed by atoms with Gasteiger partial charge in [-0.3, -0.25) is 9.78 Å². The summed E-state index contributed by atoms with van der Waals surface area (Å²) in [5.41, 5.74) is 2.10. The van der Waals surface area contributed by atoms with Crippen molar-refractivity contribution in [3.05, 3.63) is 29.6 Å². The number of carboxylic acid groups (broad SMARTS) is 1. The van der Waals surface area contributed by atoms with Gasteiger partial charge in [0.1, 0.15) is 12.2 Å². The third kappa shape index (κ3) is 7.44. The number of nitrogens with zero attached hydrogens (tertiary/aromatic N) is 2. The number of rotatable bonds is 6. The average molecular weight is 448 g/mol. The van der Waals surface area contributed by atoms with Crippen molar-refractivity contribution in [3.8, 4) is 0 Å². The van der Waals surface area contributed by atoms with Crippen LogP contribution in [0.4, 0.5) is 13.2 Å². The molecule has 0 aromatic carbocycles. The van der Waals surface area contributed by atoms with Crippen LogP contribution in [0.2, 0.25) is 0 Å². The highest BCUT2D eigenvalue weighted by atomic mass is 19.4. The number of halogens is 3. The lowest BCUT2D eigenvalue weighted by Gasteiger charge is -2.53. The molecule has 1 aromatic heterocycles. The Morgan fingerprint density at radius 2 is 2.06 bits per heavy atom. The molecule has 3 heterocycles. The van der Waals surface area contributed by atoms with Crippen LogP contribution in [0.25, 0.3) is 0 Å². The first kappa shape index (κ1) is 25.0. The number of alkyl halides is 3. The summed E-state index contributed by atoms with van der Waals surface area (Å²) in [6, 6.07) is 2.00. The fraction of sp³-hybridized carbons (Fsp3) is 0.650. The van der Waals surface area contributed by atoms with Crippen molar-refractivity contribution in [2.75, 3.05) is 32.9 Å². The van der Waals surface area contributed by atoms with Crippen LogP contribution in [0, 0.1) is 6.92 Å². The minimum Gasteiger partial charge on any atom is -0.475 e. The first-order valence-corrected chi connectivity index (χ1v) is 9.87. The maximum Gasteiger partial charge on any atom is 0.490 e. The van der Waals surface area contributed by atoms with Crippen molar-refractivity contribution in [1.82, 2.24) is 9.88 Å². The summed E-state index contributed by atoms with van der Waals surface area (Å²) >= 11 is 0. The van der Waals surface area contributed by atoms with Gasteiger partial charge in [0.25, 0.3) is 0 Å². The topological polar surface area (TPSA) is 98.2 Å². The predicted molar refractivity (Wildman–Crippen MR) is 102 cm³/mol. The van der Waals surface area contributed by atoms with Crippen LogP contribution >= 0.6 is 0 Å². The SMILES string of the molecule is CCOCC(=O)N1CC2(CC(OCc3cnccc3C)CCO2)C1.O=C(O)C(F)(F)F. The number of pyridine rings is 1. The Hall–Kier alpha value is -2.24. The molecule has 0 aliphatic carbocycles. The van der Waals surface area contributed by atoms with E-state index in [-0.39, 0.29) is 24.2 Å². The van der Waals surface area contributed by atoms with Crippen LogP contribution in [0.15, 0.2) is 18.5 Å². The van der Waals surface area contributed by atoms with Gasteiger partial charge in [0.15, 0.2) is 0 Å². The number of amides is 1. The molecular weight excluding hydrogens is 421 g/mol. The average Bonchev–Trinajstić information content (AvgIpc) is 2.69.